The first-order valence-electron chi connectivity index (χ1n) is 10.2. The molecule has 1 amide bonds. The van der Waals surface area contributed by atoms with Crippen molar-refractivity contribution in [3.63, 3.8) is 0 Å². The van der Waals surface area contributed by atoms with Crippen molar-refractivity contribution in [2.45, 2.75) is 24.7 Å². The summed E-state index contributed by atoms with van der Waals surface area (Å²) in [5, 5.41) is 0.747. The average molecular weight is 499 g/mol. The summed E-state index contributed by atoms with van der Waals surface area (Å²) in [7, 11) is -3.67. The van der Waals surface area contributed by atoms with Gasteiger partial charge in [-0.1, -0.05) is 41.4 Å². The third-order valence-corrected chi connectivity index (χ3v) is 7.91. The highest BCUT2D eigenvalue weighted by Crippen LogP contribution is 2.31. The third kappa shape index (κ3) is 5.81. The summed E-state index contributed by atoms with van der Waals surface area (Å²) < 4.78 is 32.6. The van der Waals surface area contributed by atoms with Crippen molar-refractivity contribution in [1.29, 1.82) is 0 Å². The van der Waals surface area contributed by atoms with E-state index in [0.29, 0.717) is 47.5 Å². The third-order valence-electron chi connectivity index (χ3n) is 5.20. The van der Waals surface area contributed by atoms with Crippen LogP contribution in [0.3, 0.4) is 0 Å². The zero-order chi connectivity index (χ0) is 23.3. The standard InChI is InChI=1S/C22H24Cl2N2O5S/c1-16(27)17-7-9-18(10-8-17)32(29,30)26-13-11-25(12-14-26)21(28)6-3-15-31-20-5-2-4-19(23)22(20)24/h2,4-5,7-10H,3,6,11-15H2,1H3. The summed E-state index contributed by atoms with van der Waals surface area (Å²) in [4.78, 5) is 25.7. The van der Waals surface area contributed by atoms with Crippen LogP contribution < -0.4 is 4.74 Å². The molecule has 0 aromatic heterocycles. The van der Waals surface area contributed by atoms with Gasteiger partial charge in [-0.3, -0.25) is 9.59 Å². The van der Waals surface area contributed by atoms with Crippen molar-refractivity contribution < 1.29 is 22.7 Å². The van der Waals surface area contributed by atoms with Crippen LogP contribution in [0.25, 0.3) is 0 Å². The van der Waals surface area contributed by atoms with Gasteiger partial charge >= 0.3 is 0 Å². The SMILES string of the molecule is CC(=O)c1ccc(S(=O)(=O)N2CCN(C(=O)CCCOc3cccc(Cl)c3Cl)CC2)cc1. The maximum absolute atomic E-state index is 12.8. The second kappa shape index (κ2) is 10.7. The Morgan fingerprint density at radius 3 is 2.28 bits per heavy atom. The number of carbonyl (C=O) groups excluding carboxylic acids is 2. The molecule has 0 spiro atoms. The molecule has 32 heavy (non-hydrogen) atoms. The Balaban J connectivity index is 1.46. The minimum atomic E-state index is -3.67. The first-order chi connectivity index (χ1) is 15.2. The number of hydrogen-bond acceptors (Lipinski definition) is 5. The molecular weight excluding hydrogens is 475 g/mol. The summed E-state index contributed by atoms with van der Waals surface area (Å²) >= 11 is 12.0. The van der Waals surface area contributed by atoms with E-state index >= 15 is 0 Å². The zero-order valence-corrected chi connectivity index (χ0v) is 19.9. The predicted octanol–water partition coefficient (Wildman–Crippen LogP) is 3.89. The van der Waals surface area contributed by atoms with Crippen LogP contribution >= 0.6 is 23.2 Å². The van der Waals surface area contributed by atoms with Crippen LogP contribution in [-0.2, 0) is 14.8 Å². The molecule has 0 N–H and O–H groups in total. The fourth-order valence-electron chi connectivity index (χ4n) is 3.35. The smallest absolute Gasteiger partial charge is 0.243 e. The molecule has 0 unspecified atom stereocenters. The average Bonchev–Trinajstić information content (AvgIpc) is 2.79. The number of sulfonamides is 1. The van der Waals surface area contributed by atoms with Crippen molar-refractivity contribution in [2.24, 2.45) is 0 Å². The summed E-state index contributed by atoms with van der Waals surface area (Å²) in [6.07, 6.45) is 0.792. The molecule has 3 rings (SSSR count). The Kier molecular flexibility index (Phi) is 8.16. The molecule has 172 valence electrons. The zero-order valence-electron chi connectivity index (χ0n) is 17.6. The van der Waals surface area contributed by atoms with Crippen LogP contribution in [0.1, 0.15) is 30.1 Å². The topological polar surface area (TPSA) is 84.0 Å². The molecule has 1 aliphatic heterocycles. The fourth-order valence-corrected chi connectivity index (χ4v) is 5.12. The van der Waals surface area contributed by atoms with Crippen LogP contribution in [0.4, 0.5) is 0 Å². The van der Waals surface area contributed by atoms with Gasteiger partial charge in [0.15, 0.2) is 5.78 Å². The molecule has 10 heteroatoms. The van der Waals surface area contributed by atoms with Gasteiger partial charge in [-0.15, -0.1) is 0 Å². The number of rotatable bonds is 8. The molecule has 1 aliphatic rings. The van der Waals surface area contributed by atoms with E-state index in [4.69, 9.17) is 27.9 Å². The summed E-state index contributed by atoms with van der Waals surface area (Å²) in [6.45, 7) is 2.83. The normalized spacial score (nSPS) is 14.9. The first kappa shape index (κ1) is 24.5. The number of amides is 1. The Morgan fingerprint density at radius 1 is 1.00 bits per heavy atom. The monoisotopic (exact) mass is 498 g/mol. The van der Waals surface area contributed by atoms with Crippen LogP contribution in [-0.4, -0.2) is 62.1 Å². The van der Waals surface area contributed by atoms with Gasteiger partial charge in [0, 0.05) is 38.2 Å². The summed E-state index contributed by atoms with van der Waals surface area (Å²) in [5.74, 6) is 0.303. The highest BCUT2D eigenvalue weighted by atomic mass is 35.5. The van der Waals surface area contributed by atoms with Crippen molar-refractivity contribution in [3.05, 3.63) is 58.1 Å². The lowest BCUT2D eigenvalue weighted by molar-refractivity contribution is -0.132. The molecule has 1 heterocycles. The van der Waals surface area contributed by atoms with Crippen molar-refractivity contribution >= 4 is 44.9 Å². The molecule has 1 saturated heterocycles. The summed E-state index contributed by atoms with van der Waals surface area (Å²) in [6, 6.07) is 11.0. The second-order valence-corrected chi connectivity index (χ2v) is 10.1. The molecule has 2 aromatic carbocycles. The molecule has 1 fully saturated rings. The molecule has 0 bridgehead atoms. The summed E-state index contributed by atoms with van der Waals surface area (Å²) in [5.41, 5.74) is 0.459. The molecular formula is C22H24Cl2N2O5S. The molecule has 0 radical (unpaired) electrons. The van der Waals surface area contributed by atoms with Gasteiger partial charge in [0.1, 0.15) is 10.8 Å². The molecule has 2 aromatic rings. The fraction of sp³-hybridized carbons (Fsp3) is 0.364. The number of ketones is 1. The number of benzene rings is 2. The largest absolute Gasteiger partial charge is 0.492 e. The van der Waals surface area contributed by atoms with Crippen LogP contribution in [0, 0.1) is 0 Å². The van der Waals surface area contributed by atoms with Gasteiger partial charge in [-0.2, -0.15) is 4.31 Å². The number of hydrogen-bond donors (Lipinski definition) is 0. The predicted molar refractivity (Wildman–Crippen MR) is 123 cm³/mol. The van der Waals surface area contributed by atoms with E-state index in [1.807, 2.05) is 0 Å². The lowest BCUT2D eigenvalue weighted by Crippen LogP contribution is -2.50. The van der Waals surface area contributed by atoms with Gasteiger partial charge in [0.05, 0.1) is 16.5 Å². The number of halogens is 2. The highest BCUT2D eigenvalue weighted by molar-refractivity contribution is 7.89. The molecule has 0 aliphatic carbocycles. The van der Waals surface area contributed by atoms with Crippen molar-refractivity contribution in [2.75, 3.05) is 32.8 Å². The minimum absolute atomic E-state index is 0.0475. The van der Waals surface area contributed by atoms with Gasteiger partial charge in [0.2, 0.25) is 15.9 Å². The second-order valence-electron chi connectivity index (χ2n) is 7.37. The Bertz CT molecular complexity index is 1080. The lowest BCUT2D eigenvalue weighted by Gasteiger charge is -2.34. The van der Waals surface area contributed by atoms with Crippen LogP contribution in [0.5, 0.6) is 5.75 Å². The number of Topliss-reactive ketones (excluding diaryl/α,β-unsaturated/α-hetero) is 1. The van der Waals surface area contributed by atoms with Gasteiger partial charge in [-0.05, 0) is 37.6 Å². The lowest BCUT2D eigenvalue weighted by atomic mass is 10.2. The maximum atomic E-state index is 12.8. The minimum Gasteiger partial charge on any atom is -0.492 e. The number of nitrogens with zero attached hydrogens (tertiary/aromatic N) is 2. The number of ether oxygens (including phenoxy) is 1. The van der Waals surface area contributed by atoms with E-state index in [9.17, 15) is 18.0 Å². The number of carbonyl (C=O) groups is 2. The Labute approximate surface area is 197 Å². The van der Waals surface area contributed by atoms with Gasteiger partial charge in [0.25, 0.3) is 0 Å². The van der Waals surface area contributed by atoms with Crippen molar-refractivity contribution in [1.82, 2.24) is 9.21 Å². The van der Waals surface area contributed by atoms with E-state index in [2.05, 4.69) is 0 Å². The van der Waals surface area contributed by atoms with Crippen LogP contribution in [0.15, 0.2) is 47.4 Å². The van der Waals surface area contributed by atoms with Gasteiger partial charge < -0.3 is 9.64 Å². The van der Waals surface area contributed by atoms with Crippen LogP contribution in [0.2, 0.25) is 10.0 Å². The Hall–Kier alpha value is -2.13. The molecule has 0 saturated carbocycles. The quantitative estimate of drug-likeness (QED) is 0.407. The molecule has 0 atom stereocenters. The maximum Gasteiger partial charge on any atom is 0.243 e. The first-order valence-corrected chi connectivity index (χ1v) is 12.4. The van der Waals surface area contributed by atoms with Gasteiger partial charge in [-0.25, -0.2) is 8.42 Å². The van der Waals surface area contributed by atoms with E-state index in [1.165, 1.54) is 35.5 Å². The molecule has 7 nitrogen and oxygen atoms in total. The van der Waals surface area contributed by atoms with E-state index < -0.39 is 10.0 Å². The highest BCUT2D eigenvalue weighted by Gasteiger charge is 2.30. The van der Waals surface area contributed by atoms with Crippen molar-refractivity contribution in [3.8, 4) is 5.75 Å². The van der Waals surface area contributed by atoms with E-state index in [0.717, 1.165) is 0 Å². The van der Waals surface area contributed by atoms with E-state index in [1.54, 1.807) is 23.1 Å². The Morgan fingerprint density at radius 2 is 1.66 bits per heavy atom. The number of piperazine rings is 1. The van der Waals surface area contributed by atoms with E-state index in [-0.39, 0.29) is 36.1 Å².